The van der Waals surface area contributed by atoms with Crippen LogP contribution in [0.4, 0.5) is 10.5 Å². The van der Waals surface area contributed by atoms with Gasteiger partial charge in [-0.05, 0) is 76.5 Å². The van der Waals surface area contributed by atoms with E-state index in [2.05, 4.69) is 10.6 Å². The van der Waals surface area contributed by atoms with Gasteiger partial charge >= 0.3 is 12.1 Å². The van der Waals surface area contributed by atoms with E-state index in [1.807, 2.05) is 6.92 Å². The monoisotopic (exact) mass is 983 g/mol. The maximum atomic E-state index is 14.3. The number of esters is 1. The van der Waals surface area contributed by atoms with Crippen LogP contribution in [0.1, 0.15) is 95.0 Å². The standard InChI is InChI=1S/C48H62ClN5O13S/c1-26-9-8-10-33(25-56)48(64)22-35(65-46(63)51-48)27(2)42-47(4,67-42)37(21-39(58)53(7)34-19-30(17-26)18-32(24-55)41(34)49)66-45(62)28(3)52(6)38(57)15-16-68-36-20-40(59)54(44(36)61)23-29-11-13-31(14-12-29)43(60)50-5/h8-10,18-19,24-25,27-29,31,33,35-37,42,64H,11-17,20-23H2,1-7H3,(H,50,60)(H,51,63)/b10-8+,26-9+/t27-,28+,29?,31?,33+,35+,36?,37+,42+,47+,48+/m1/s1. The molecule has 5 aliphatic rings. The second-order valence-corrected chi connectivity index (χ2v) is 20.6. The fourth-order valence-corrected chi connectivity index (χ4v) is 11.0. The SMILES string of the molecule is CNC(=O)C1CCC(CN2C(=O)CC(SCCC(=O)N(C)[C@@H](C)C(=O)O[C@H]3CC(=O)N(C)c4cc(cc(C=O)c4Cl)C/C(C)=C/C=C/[C@@H](C=O)[C@@]4(O)C[C@H](OC(=O)N4)[C@@H](C)[C@@H]4O[C@@]34C)C2=O)CC1. The summed E-state index contributed by atoms with van der Waals surface area (Å²) in [6, 6.07) is 2.10. The van der Waals surface area contributed by atoms with Gasteiger partial charge in [0, 0.05) is 70.1 Å². The molecule has 1 unspecified atom stereocenters. The van der Waals surface area contributed by atoms with Gasteiger partial charge in [-0.3, -0.25) is 39.0 Å². The highest BCUT2D eigenvalue weighted by Gasteiger charge is 2.64. The number of hydrogen-bond donors (Lipinski definition) is 3. The van der Waals surface area contributed by atoms with Crippen molar-refractivity contribution >= 4 is 83.2 Å². The third-order valence-electron chi connectivity index (χ3n) is 14.2. The minimum Gasteiger partial charge on any atom is -0.457 e. The zero-order valence-corrected chi connectivity index (χ0v) is 41.1. The first-order chi connectivity index (χ1) is 32.1. The summed E-state index contributed by atoms with van der Waals surface area (Å²) in [4.78, 5) is 121. The van der Waals surface area contributed by atoms with E-state index in [0.717, 1.165) is 18.4 Å². The Morgan fingerprint density at radius 2 is 1.82 bits per heavy atom. The number of amides is 6. The summed E-state index contributed by atoms with van der Waals surface area (Å²) >= 11 is 7.89. The van der Waals surface area contributed by atoms with Gasteiger partial charge < -0.3 is 39.2 Å². The third-order valence-corrected chi connectivity index (χ3v) is 15.9. The van der Waals surface area contributed by atoms with Gasteiger partial charge in [-0.2, -0.15) is 0 Å². The normalized spacial score (nSPS) is 32.6. The number of likely N-dealkylation sites (N-methyl/N-ethyl adjacent to an activating group) is 1. The van der Waals surface area contributed by atoms with E-state index in [9.17, 15) is 48.3 Å². The van der Waals surface area contributed by atoms with Crippen molar-refractivity contribution < 1.29 is 62.5 Å². The number of fused-ring (bicyclic) bond motifs is 5. The number of alkyl carbamates (subject to hydrolysis) is 1. The van der Waals surface area contributed by atoms with Crippen molar-refractivity contribution in [3.63, 3.8) is 0 Å². The Labute approximate surface area is 405 Å². The molecule has 3 N–H and O–H groups in total. The number of rotatable bonds is 12. The molecule has 0 aromatic heterocycles. The van der Waals surface area contributed by atoms with Crippen LogP contribution in [0.25, 0.3) is 0 Å². The van der Waals surface area contributed by atoms with Gasteiger partial charge in [-0.1, -0.05) is 42.3 Å². The first kappa shape index (κ1) is 52.3. The van der Waals surface area contributed by atoms with E-state index >= 15 is 0 Å². The van der Waals surface area contributed by atoms with E-state index in [-0.39, 0.29) is 70.8 Å². The number of benzene rings is 1. The highest BCUT2D eigenvalue weighted by atomic mass is 35.5. The Kier molecular flexibility index (Phi) is 16.7. The minimum absolute atomic E-state index is 0.00402. The average molecular weight is 985 g/mol. The number of allylic oxidation sites excluding steroid dienone is 3. The van der Waals surface area contributed by atoms with Gasteiger partial charge in [0.1, 0.15) is 30.1 Å². The maximum Gasteiger partial charge on any atom is 0.409 e. The van der Waals surface area contributed by atoms with Crippen LogP contribution in [0, 0.1) is 23.7 Å². The number of ether oxygens (including phenoxy) is 3. The Bertz CT molecular complexity index is 2250. The quantitative estimate of drug-likeness (QED) is 0.117. The molecule has 6 amide bonds. The van der Waals surface area contributed by atoms with E-state index in [0.29, 0.717) is 43.9 Å². The number of anilines is 1. The number of carbonyl (C=O) groups excluding carboxylic acids is 9. The smallest absolute Gasteiger partial charge is 0.409 e. The molecule has 0 radical (unpaired) electrons. The summed E-state index contributed by atoms with van der Waals surface area (Å²) < 4.78 is 18.0. The molecular formula is C48H62ClN5O13S. The number of carbonyl (C=O) groups is 9. The number of halogens is 1. The van der Waals surface area contributed by atoms with Gasteiger partial charge in [0.05, 0.1) is 34.4 Å². The fraction of sp³-hybridized carbons (Fsp3) is 0.604. The van der Waals surface area contributed by atoms with Gasteiger partial charge in [-0.15, -0.1) is 11.8 Å². The van der Waals surface area contributed by atoms with Gasteiger partial charge in [0.15, 0.2) is 12.0 Å². The predicted molar refractivity (Wildman–Crippen MR) is 250 cm³/mol. The molecular weight excluding hydrogens is 922 g/mol. The fourth-order valence-electron chi connectivity index (χ4n) is 9.65. The molecule has 4 heterocycles. The second kappa shape index (κ2) is 21.7. The summed E-state index contributed by atoms with van der Waals surface area (Å²) in [5.74, 6) is -4.03. The van der Waals surface area contributed by atoms with Crippen LogP contribution in [0.2, 0.25) is 5.02 Å². The largest absolute Gasteiger partial charge is 0.457 e. The van der Waals surface area contributed by atoms with Crippen LogP contribution in [0.15, 0.2) is 35.9 Å². The molecule has 20 heteroatoms. The lowest BCUT2D eigenvalue weighted by molar-refractivity contribution is -0.162. The van der Waals surface area contributed by atoms with Crippen molar-refractivity contribution in [1.82, 2.24) is 20.4 Å². The lowest BCUT2D eigenvalue weighted by atomic mass is 9.81. The van der Waals surface area contributed by atoms with Crippen LogP contribution in [-0.4, -0.2) is 143 Å². The van der Waals surface area contributed by atoms with E-state index in [4.69, 9.17) is 25.8 Å². The third kappa shape index (κ3) is 11.5. The van der Waals surface area contributed by atoms with Crippen LogP contribution < -0.4 is 15.5 Å². The minimum atomic E-state index is -2.04. The van der Waals surface area contributed by atoms with Crippen molar-refractivity contribution in [2.75, 3.05) is 38.3 Å². The van der Waals surface area contributed by atoms with E-state index in [1.54, 1.807) is 45.2 Å². The lowest BCUT2D eigenvalue weighted by Crippen LogP contribution is -2.61. The molecule has 9 atom stereocenters. The maximum absolute atomic E-state index is 14.3. The van der Waals surface area contributed by atoms with Gasteiger partial charge in [0.25, 0.3) is 0 Å². The van der Waals surface area contributed by atoms with Crippen molar-refractivity contribution in [1.29, 1.82) is 0 Å². The zero-order valence-electron chi connectivity index (χ0n) is 39.5. The molecule has 1 aromatic carbocycles. The molecule has 370 valence electrons. The van der Waals surface area contributed by atoms with Crippen molar-refractivity contribution in [2.45, 2.75) is 126 Å². The van der Waals surface area contributed by atoms with Crippen molar-refractivity contribution in [3.8, 4) is 0 Å². The predicted octanol–water partition coefficient (Wildman–Crippen LogP) is 3.92. The number of hydrogen-bond acceptors (Lipinski definition) is 14. The Hall–Kier alpha value is -5.11. The summed E-state index contributed by atoms with van der Waals surface area (Å²) in [6.45, 7) is 6.92. The van der Waals surface area contributed by atoms with Crippen LogP contribution in [0.3, 0.4) is 0 Å². The van der Waals surface area contributed by atoms with E-state index in [1.165, 1.54) is 53.6 Å². The number of aliphatic hydroxyl groups is 1. The molecule has 68 heavy (non-hydrogen) atoms. The summed E-state index contributed by atoms with van der Waals surface area (Å²) in [7, 11) is 4.51. The number of epoxide rings is 1. The molecule has 1 saturated carbocycles. The highest BCUT2D eigenvalue weighted by Crippen LogP contribution is 2.49. The van der Waals surface area contributed by atoms with Gasteiger partial charge in [0.2, 0.25) is 29.5 Å². The lowest BCUT2D eigenvalue weighted by Gasteiger charge is -2.41. The summed E-state index contributed by atoms with van der Waals surface area (Å²) in [5.41, 5.74) is -1.64. The van der Waals surface area contributed by atoms with Crippen molar-refractivity contribution in [2.24, 2.45) is 23.7 Å². The van der Waals surface area contributed by atoms with Crippen LogP contribution in [0.5, 0.6) is 0 Å². The molecule has 1 aliphatic carbocycles. The average Bonchev–Trinajstić information content (AvgIpc) is 3.94. The van der Waals surface area contributed by atoms with Gasteiger partial charge in [-0.25, -0.2) is 9.59 Å². The number of nitrogens with zero attached hydrogens (tertiary/aromatic N) is 3. The first-order valence-corrected chi connectivity index (χ1v) is 24.4. The summed E-state index contributed by atoms with van der Waals surface area (Å²) in [5, 5.41) is 16.2. The number of likely N-dealkylation sites (tertiary alicyclic amines) is 1. The zero-order chi connectivity index (χ0) is 49.8. The second-order valence-electron chi connectivity index (χ2n) is 18.9. The molecule has 4 aliphatic heterocycles. The molecule has 0 spiro atoms. The molecule has 4 fully saturated rings. The first-order valence-electron chi connectivity index (χ1n) is 23.0. The van der Waals surface area contributed by atoms with Crippen molar-refractivity contribution in [3.05, 3.63) is 52.1 Å². The summed E-state index contributed by atoms with van der Waals surface area (Å²) in [6.07, 6.45) is 4.26. The topological polar surface area (TPSA) is 239 Å². The molecule has 18 nitrogen and oxygen atoms in total. The molecule has 6 rings (SSSR count). The Morgan fingerprint density at radius 3 is 2.49 bits per heavy atom. The van der Waals surface area contributed by atoms with Crippen LogP contribution in [-0.2, 0) is 54.2 Å². The Balaban J connectivity index is 1.15. The molecule has 3 saturated heterocycles. The number of nitrogens with one attached hydrogen (secondary N) is 2. The molecule has 4 bridgehead atoms. The Morgan fingerprint density at radius 1 is 1.12 bits per heavy atom. The van der Waals surface area contributed by atoms with E-state index < -0.39 is 83.1 Å². The van der Waals surface area contributed by atoms with Crippen LogP contribution >= 0.6 is 23.4 Å². The number of imide groups is 1. The number of thioether (sulfide) groups is 1. The number of aldehydes is 2. The highest BCUT2D eigenvalue weighted by molar-refractivity contribution is 8.00. The molecule has 1 aromatic rings.